The predicted octanol–water partition coefficient (Wildman–Crippen LogP) is 4.51. The molecule has 1 unspecified atom stereocenters. The van der Waals surface area contributed by atoms with Crippen LogP contribution >= 0.6 is 0 Å². The Bertz CT molecular complexity index is 694. The molecule has 2 aliphatic heterocycles. The number of anilines is 2. The highest BCUT2D eigenvalue weighted by atomic mass is 15.3. The third-order valence-corrected chi connectivity index (χ3v) is 5.55. The molecule has 1 aromatic heterocycles. The lowest BCUT2D eigenvalue weighted by molar-refractivity contribution is 0.446. The lowest BCUT2D eigenvalue weighted by Gasteiger charge is -2.36. The van der Waals surface area contributed by atoms with Crippen LogP contribution in [0.3, 0.4) is 0 Å². The van der Waals surface area contributed by atoms with Crippen molar-refractivity contribution in [3.8, 4) is 11.3 Å². The van der Waals surface area contributed by atoms with Crippen LogP contribution in [0.1, 0.15) is 45.4 Å². The van der Waals surface area contributed by atoms with Gasteiger partial charge in [-0.1, -0.05) is 37.3 Å². The molecular formula is C21H28N4. The van der Waals surface area contributed by atoms with Gasteiger partial charge in [-0.05, 0) is 38.5 Å². The minimum atomic E-state index is 0.610. The van der Waals surface area contributed by atoms with E-state index in [2.05, 4.69) is 53.1 Å². The molecule has 2 aromatic rings. The van der Waals surface area contributed by atoms with Crippen LogP contribution in [0.25, 0.3) is 11.3 Å². The van der Waals surface area contributed by atoms with Crippen LogP contribution in [-0.2, 0) is 0 Å². The largest absolute Gasteiger partial charge is 0.353 e. The highest BCUT2D eigenvalue weighted by molar-refractivity contribution is 5.65. The molecule has 25 heavy (non-hydrogen) atoms. The number of aromatic nitrogens is 2. The van der Waals surface area contributed by atoms with Gasteiger partial charge in [-0.25, -0.2) is 4.98 Å². The van der Waals surface area contributed by atoms with Gasteiger partial charge in [-0.3, -0.25) is 0 Å². The summed E-state index contributed by atoms with van der Waals surface area (Å²) in [5.74, 6) is 2.02. The molecule has 0 amide bonds. The molecule has 1 aromatic carbocycles. The molecule has 0 aliphatic carbocycles. The molecule has 1 atom stereocenters. The molecule has 2 aliphatic rings. The van der Waals surface area contributed by atoms with Crippen molar-refractivity contribution >= 4 is 11.8 Å². The molecule has 4 heteroatoms. The Morgan fingerprint density at radius 2 is 1.72 bits per heavy atom. The first-order valence-electron chi connectivity index (χ1n) is 9.81. The molecule has 0 saturated carbocycles. The summed E-state index contributed by atoms with van der Waals surface area (Å²) < 4.78 is 0. The lowest BCUT2D eigenvalue weighted by atomic mass is 10.00. The predicted molar refractivity (Wildman–Crippen MR) is 104 cm³/mol. The van der Waals surface area contributed by atoms with E-state index < -0.39 is 0 Å². The van der Waals surface area contributed by atoms with Crippen molar-refractivity contribution in [1.29, 1.82) is 0 Å². The van der Waals surface area contributed by atoms with Crippen molar-refractivity contribution in [2.45, 2.75) is 51.5 Å². The Balaban J connectivity index is 1.75. The fraction of sp³-hybridized carbons (Fsp3) is 0.524. The van der Waals surface area contributed by atoms with Gasteiger partial charge in [0.15, 0.2) is 0 Å². The normalized spacial score (nSPS) is 20.9. The summed E-state index contributed by atoms with van der Waals surface area (Å²) >= 11 is 0. The van der Waals surface area contributed by atoms with Gasteiger partial charge in [-0.2, -0.15) is 4.98 Å². The first-order chi connectivity index (χ1) is 12.3. The summed E-state index contributed by atoms with van der Waals surface area (Å²) in [6.07, 6.45) is 7.56. The highest BCUT2D eigenvalue weighted by Crippen LogP contribution is 2.30. The number of piperidine rings is 1. The smallest absolute Gasteiger partial charge is 0.227 e. The van der Waals surface area contributed by atoms with Crippen molar-refractivity contribution in [1.82, 2.24) is 9.97 Å². The Morgan fingerprint density at radius 3 is 2.48 bits per heavy atom. The van der Waals surface area contributed by atoms with Crippen molar-refractivity contribution in [3.63, 3.8) is 0 Å². The second kappa shape index (κ2) is 7.42. The Labute approximate surface area is 150 Å². The molecule has 3 heterocycles. The Hall–Kier alpha value is -2.10. The number of nitrogens with zero attached hydrogens (tertiary/aromatic N) is 4. The number of hydrogen-bond donors (Lipinski definition) is 0. The zero-order valence-electron chi connectivity index (χ0n) is 15.2. The van der Waals surface area contributed by atoms with E-state index in [1.807, 2.05) is 0 Å². The van der Waals surface area contributed by atoms with Gasteiger partial charge < -0.3 is 9.80 Å². The van der Waals surface area contributed by atoms with Crippen LogP contribution in [0, 0.1) is 0 Å². The van der Waals surface area contributed by atoms with Gasteiger partial charge in [0.1, 0.15) is 5.82 Å². The number of benzene rings is 1. The molecule has 132 valence electrons. The van der Waals surface area contributed by atoms with Crippen LogP contribution in [0.4, 0.5) is 11.8 Å². The maximum absolute atomic E-state index is 5.00. The first-order valence-corrected chi connectivity index (χ1v) is 9.81. The summed E-state index contributed by atoms with van der Waals surface area (Å²) in [6, 6.07) is 13.3. The van der Waals surface area contributed by atoms with E-state index in [0.29, 0.717) is 6.04 Å². The van der Waals surface area contributed by atoms with Crippen LogP contribution in [0.5, 0.6) is 0 Å². The van der Waals surface area contributed by atoms with Crippen molar-refractivity contribution in [2.75, 3.05) is 29.4 Å². The van der Waals surface area contributed by atoms with Gasteiger partial charge in [0.2, 0.25) is 5.95 Å². The summed E-state index contributed by atoms with van der Waals surface area (Å²) in [5, 5.41) is 0. The average molecular weight is 336 g/mol. The summed E-state index contributed by atoms with van der Waals surface area (Å²) in [5.41, 5.74) is 2.23. The topological polar surface area (TPSA) is 32.3 Å². The van der Waals surface area contributed by atoms with Crippen LogP contribution in [0.15, 0.2) is 36.4 Å². The quantitative estimate of drug-likeness (QED) is 0.822. The van der Waals surface area contributed by atoms with Crippen LogP contribution in [-0.4, -0.2) is 35.6 Å². The van der Waals surface area contributed by atoms with E-state index in [1.165, 1.54) is 44.1 Å². The molecule has 2 saturated heterocycles. The zero-order chi connectivity index (χ0) is 17.1. The summed E-state index contributed by atoms with van der Waals surface area (Å²) in [7, 11) is 0. The van der Waals surface area contributed by atoms with E-state index in [9.17, 15) is 0 Å². The lowest BCUT2D eigenvalue weighted by Crippen LogP contribution is -2.40. The maximum atomic E-state index is 5.00. The molecule has 0 spiro atoms. The monoisotopic (exact) mass is 336 g/mol. The maximum Gasteiger partial charge on any atom is 0.227 e. The molecule has 4 nitrogen and oxygen atoms in total. The van der Waals surface area contributed by atoms with Crippen LogP contribution < -0.4 is 9.80 Å². The van der Waals surface area contributed by atoms with Gasteiger partial charge in [0, 0.05) is 37.3 Å². The minimum absolute atomic E-state index is 0.610. The third-order valence-electron chi connectivity index (χ3n) is 5.55. The zero-order valence-corrected chi connectivity index (χ0v) is 15.2. The molecular weight excluding hydrogens is 308 g/mol. The van der Waals surface area contributed by atoms with Crippen molar-refractivity contribution in [3.05, 3.63) is 36.4 Å². The van der Waals surface area contributed by atoms with Gasteiger partial charge >= 0.3 is 0 Å². The molecule has 0 N–H and O–H groups in total. The minimum Gasteiger partial charge on any atom is -0.353 e. The average Bonchev–Trinajstić information content (AvgIpc) is 3.23. The Morgan fingerprint density at radius 1 is 0.960 bits per heavy atom. The standard InChI is InChI=1S/C21H28N4/c1-2-18-12-6-7-15-25(18)20-16-19(17-10-4-3-5-11-17)22-21(23-20)24-13-8-9-14-24/h3-5,10-11,16,18H,2,6-9,12-15H2,1H3. The van der Waals surface area contributed by atoms with E-state index in [0.717, 1.165) is 37.1 Å². The molecule has 2 fully saturated rings. The fourth-order valence-corrected chi connectivity index (χ4v) is 4.11. The van der Waals surface area contributed by atoms with Crippen molar-refractivity contribution < 1.29 is 0 Å². The number of hydrogen-bond acceptors (Lipinski definition) is 4. The van der Waals surface area contributed by atoms with E-state index in [-0.39, 0.29) is 0 Å². The number of rotatable bonds is 4. The summed E-state index contributed by atoms with van der Waals surface area (Å²) in [6.45, 7) is 5.57. The highest BCUT2D eigenvalue weighted by Gasteiger charge is 2.25. The Kier molecular flexibility index (Phi) is 4.86. The van der Waals surface area contributed by atoms with E-state index in [4.69, 9.17) is 9.97 Å². The molecule has 4 rings (SSSR count). The SMILES string of the molecule is CCC1CCCCN1c1cc(-c2ccccc2)nc(N2CCCC2)n1. The third kappa shape index (κ3) is 3.48. The van der Waals surface area contributed by atoms with Gasteiger partial charge in [0.05, 0.1) is 5.69 Å². The first kappa shape index (κ1) is 16.4. The fourth-order valence-electron chi connectivity index (χ4n) is 4.11. The second-order valence-electron chi connectivity index (χ2n) is 7.22. The summed E-state index contributed by atoms with van der Waals surface area (Å²) in [4.78, 5) is 14.8. The van der Waals surface area contributed by atoms with E-state index in [1.54, 1.807) is 0 Å². The van der Waals surface area contributed by atoms with E-state index >= 15 is 0 Å². The molecule has 0 radical (unpaired) electrons. The molecule has 0 bridgehead atoms. The van der Waals surface area contributed by atoms with Crippen LogP contribution in [0.2, 0.25) is 0 Å². The van der Waals surface area contributed by atoms with Crippen molar-refractivity contribution in [2.24, 2.45) is 0 Å². The van der Waals surface area contributed by atoms with Gasteiger partial charge in [-0.15, -0.1) is 0 Å². The second-order valence-corrected chi connectivity index (χ2v) is 7.22. The van der Waals surface area contributed by atoms with Gasteiger partial charge in [0.25, 0.3) is 0 Å².